The average molecular weight is 234 g/mol. The standard InChI is InChI=1S/C18H18/c1-3-12-18(2)16-10-6-4-8-14(16)13-15-9-5-7-11-17(15)18/h3-11H,1,12-13H2,2H3. The van der Waals surface area contributed by atoms with E-state index >= 15 is 0 Å². The van der Waals surface area contributed by atoms with Crippen LogP contribution in [0.1, 0.15) is 35.6 Å². The molecule has 0 aliphatic heterocycles. The molecule has 0 amide bonds. The van der Waals surface area contributed by atoms with Crippen molar-refractivity contribution in [3.05, 3.63) is 83.4 Å². The third kappa shape index (κ3) is 1.53. The molecule has 18 heavy (non-hydrogen) atoms. The Morgan fingerprint density at radius 1 is 1.00 bits per heavy atom. The van der Waals surface area contributed by atoms with Gasteiger partial charge in [-0.05, 0) is 35.1 Å². The van der Waals surface area contributed by atoms with Gasteiger partial charge in [0, 0.05) is 5.41 Å². The molecule has 1 aliphatic carbocycles. The number of rotatable bonds is 2. The predicted molar refractivity (Wildman–Crippen MR) is 77.0 cm³/mol. The molecular weight excluding hydrogens is 216 g/mol. The zero-order valence-corrected chi connectivity index (χ0v) is 10.8. The van der Waals surface area contributed by atoms with E-state index in [9.17, 15) is 0 Å². The molecule has 90 valence electrons. The van der Waals surface area contributed by atoms with Crippen LogP contribution in [0.25, 0.3) is 0 Å². The molecule has 0 bridgehead atoms. The molecule has 0 saturated carbocycles. The van der Waals surface area contributed by atoms with E-state index in [1.54, 1.807) is 0 Å². The largest absolute Gasteiger partial charge is 0.103 e. The van der Waals surface area contributed by atoms with Crippen LogP contribution in [0, 0.1) is 0 Å². The second-order valence-electron chi connectivity index (χ2n) is 5.32. The molecule has 0 radical (unpaired) electrons. The lowest BCUT2D eigenvalue weighted by molar-refractivity contribution is 0.557. The summed E-state index contributed by atoms with van der Waals surface area (Å²) in [6.07, 6.45) is 4.08. The Labute approximate surface area is 109 Å². The molecule has 0 aromatic heterocycles. The van der Waals surface area contributed by atoms with Gasteiger partial charge in [-0.2, -0.15) is 0 Å². The Morgan fingerprint density at radius 2 is 1.50 bits per heavy atom. The SMILES string of the molecule is C=CCC1(C)c2ccccc2Cc2ccccc21. The van der Waals surface area contributed by atoms with Crippen LogP contribution in [-0.2, 0) is 11.8 Å². The first kappa shape index (κ1) is 11.3. The van der Waals surface area contributed by atoms with Crippen molar-refractivity contribution in [2.45, 2.75) is 25.2 Å². The van der Waals surface area contributed by atoms with E-state index in [0.29, 0.717) is 0 Å². The van der Waals surface area contributed by atoms with Crippen LogP contribution < -0.4 is 0 Å². The van der Waals surface area contributed by atoms with E-state index in [-0.39, 0.29) is 5.41 Å². The third-order valence-electron chi connectivity index (χ3n) is 4.16. The van der Waals surface area contributed by atoms with Gasteiger partial charge in [0.1, 0.15) is 0 Å². The number of fused-ring (bicyclic) bond motifs is 2. The van der Waals surface area contributed by atoms with Crippen LogP contribution in [0.15, 0.2) is 61.2 Å². The summed E-state index contributed by atoms with van der Waals surface area (Å²) in [5.41, 5.74) is 5.92. The summed E-state index contributed by atoms with van der Waals surface area (Å²) < 4.78 is 0. The summed E-state index contributed by atoms with van der Waals surface area (Å²) in [5.74, 6) is 0. The molecule has 0 unspecified atom stereocenters. The highest BCUT2D eigenvalue weighted by Gasteiger charge is 2.34. The minimum Gasteiger partial charge on any atom is -0.103 e. The minimum atomic E-state index is 0.0766. The zero-order chi connectivity index (χ0) is 12.6. The highest BCUT2D eigenvalue weighted by molar-refractivity contribution is 5.53. The Bertz CT molecular complexity index is 547. The van der Waals surface area contributed by atoms with Crippen LogP contribution in [0.2, 0.25) is 0 Å². The highest BCUT2D eigenvalue weighted by atomic mass is 14.4. The van der Waals surface area contributed by atoms with Crippen LogP contribution in [-0.4, -0.2) is 0 Å². The van der Waals surface area contributed by atoms with Crippen molar-refractivity contribution in [1.29, 1.82) is 0 Å². The van der Waals surface area contributed by atoms with Gasteiger partial charge >= 0.3 is 0 Å². The lowest BCUT2D eigenvalue weighted by Gasteiger charge is -2.37. The quantitative estimate of drug-likeness (QED) is 0.672. The Balaban J connectivity index is 2.27. The molecule has 0 heteroatoms. The van der Waals surface area contributed by atoms with Crippen molar-refractivity contribution in [3.63, 3.8) is 0 Å². The van der Waals surface area contributed by atoms with Crippen molar-refractivity contribution in [2.75, 3.05) is 0 Å². The molecule has 2 aromatic rings. The van der Waals surface area contributed by atoms with E-state index in [4.69, 9.17) is 0 Å². The maximum Gasteiger partial charge on any atom is 0.0214 e. The van der Waals surface area contributed by atoms with Crippen molar-refractivity contribution in [3.8, 4) is 0 Å². The van der Waals surface area contributed by atoms with E-state index in [0.717, 1.165) is 12.8 Å². The second-order valence-corrected chi connectivity index (χ2v) is 5.32. The molecule has 0 saturated heterocycles. The zero-order valence-electron chi connectivity index (χ0n) is 10.8. The van der Waals surface area contributed by atoms with Gasteiger partial charge < -0.3 is 0 Å². The fraction of sp³-hybridized carbons (Fsp3) is 0.222. The van der Waals surface area contributed by atoms with E-state index in [1.807, 2.05) is 6.08 Å². The maximum absolute atomic E-state index is 3.95. The number of allylic oxidation sites excluding steroid dienone is 1. The lowest BCUT2D eigenvalue weighted by atomic mass is 9.66. The molecule has 2 aromatic carbocycles. The lowest BCUT2D eigenvalue weighted by Crippen LogP contribution is -2.29. The van der Waals surface area contributed by atoms with Crippen LogP contribution >= 0.6 is 0 Å². The minimum absolute atomic E-state index is 0.0766. The smallest absolute Gasteiger partial charge is 0.0214 e. The van der Waals surface area contributed by atoms with Gasteiger partial charge in [0.25, 0.3) is 0 Å². The number of benzene rings is 2. The van der Waals surface area contributed by atoms with Crippen molar-refractivity contribution in [1.82, 2.24) is 0 Å². The summed E-state index contributed by atoms with van der Waals surface area (Å²) in [7, 11) is 0. The van der Waals surface area contributed by atoms with Crippen LogP contribution in [0.5, 0.6) is 0 Å². The van der Waals surface area contributed by atoms with Crippen molar-refractivity contribution >= 4 is 0 Å². The van der Waals surface area contributed by atoms with Crippen molar-refractivity contribution in [2.24, 2.45) is 0 Å². The van der Waals surface area contributed by atoms with Crippen LogP contribution in [0.4, 0.5) is 0 Å². The number of hydrogen-bond donors (Lipinski definition) is 0. The third-order valence-corrected chi connectivity index (χ3v) is 4.16. The first-order valence-electron chi connectivity index (χ1n) is 6.53. The summed E-state index contributed by atoms with van der Waals surface area (Å²) in [6, 6.07) is 17.6. The normalized spacial score (nSPS) is 15.6. The molecule has 0 atom stereocenters. The molecular formula is C18H18. The van der Waals surface area contributed by atoms with Gasteiger partial charge in [-0.25, -0.2) is 0 Å². The van der Waals surface area contributed by atoms with E-state index < -0.39 is 0 Å². The van der Waals surface area contributed by atoms with Crippen LogP contribution in [0.3, 0.4) is 0 Å². The van der Waals surface area contributed by atoms with Gasteiger partial charge in [0.15, 0.2) is 0 Å². The average Bonchev–Trinajstić information content (AvgIpc) is 2.40. The Hall–Kier alpha value is -1.82. The molecule has 0 spiro atoms. The fourth-order valence-corrected chi connectivity index (χ4v) is 3.28. The monoisotopic (exact) mass is 234 g/mol. The van der Waals surface area contributed by atoms with E-state index in [1.165, 1.54) is 22.3 Å². The fourth-order valence-electron chi connectivity index (χ4n) is 3.28. The van der Waals surface area contributed by atoms with Gasteiger partial charge in [0.2, 0.25) is 0 Å². The summed E-state index contributed by atoms with van der Waals surface area (Å²) in [5, 5.41) is 0. The molecule has 0 heterocycles. The molecule has 3 rings (SSSR count). The second kappa shape index (κ2) is 4.13. The summed E-state index contributed by atoms with van der Waals surface area (Å²) >= 11 is 0. The predicted octanol–water partition coefficient (Wildman–Crippen LogP) is 4.47. The van der Waals surface area contributed by atoms with Crippen molar-refractivity contribution < 1.29 is 0 Å². The topological polar surface area (TPSA) is 0 Å². The summed E-state index contributed by atoms with van der Waals surface area (Å²) in [4.78, 5) is 0. The first-order valence-corrected chi connectivity index (χ1v) is 6.53. The van der Waals surface area contributed by atoms with Gasteiger partial charge in [0.05, 0.1) is 0 Å². The first-order chi connectivity index (χ1) is 8.75. The molecule has 1 aliphatic rings. The number of hydrogen-bond acceptors (Lipinski definition) is 0. The van der Waals surface area contributed by atoms with Gasteiger partial charge in [-0.3, -0.25) is 0 Å². The van der Waals surface area contributed by atoms with Gasteiger partial charge in [-0.1, -0.05) is 61.5 Å². The van der Waals surface area contributed by atoms with E-state index in [2.05, 4.69) is 62.0 Å². The summed E-state index contributed by atoms with van der Waals surface area (Å²) in [6.45, 7) is 6.28. The highest BCUT2D eigenvalue weighted by Crippen LogP contribution is 2.43. The Kier molecular flexibility index (Phi) is 2.59. The van der Waals surface area contributed by atoms with Gasteiger partial charge in [-0.15, -0.1) is 6.58 Å². The Morgan fingerprint density at radius 3 is 2.00 bits per heavy atom. The molecule has 0 nitrogen and oxygen atoms in total. The molecule has 0 fully saturated rings. The maximum atomic E-state index is 3.95. The molecule has 0 N–H and O–H groups in total.